The monoisotopic (exact) mass is 320 g/mol. The van der Waals surface area contributed by atoms with Crippen LogP contribution in [0.1, 0.15) is 25.7 Å². The molecule has 0 saturated carbocycles. The minimum absolute atomic E-state index is 0.0330. The Kier molecular flexibility index (Phi) is 3.69. The lowest BCUT2D eigenvalue weighted by Gasteiger charge is -2.18. The molecule has 4 N–H and O–H groups in total. The number of allylic oxidation sites excluding steroid dienone is 4. The number of nitrogens with two attached hydrogens (primary N) is 1. The van der Waals surface area contributed by atoms with Gasteiger partial charge in [0.1, 0.15) is 5.65 Å². The SMILES string of the molecule is NC1=C2C=C[C@H](C(=O)Nc3ccnc4[nH]ccc34)C=C2CCCC1. The zero-order chi connectivity index (χ0) is 16.5. The molecule has 2 aromatic rings. The number of H-pyrrole nitrogens is 1. The second-order valence-electron chi connectivity index (χ2n) is 6.31. The van der Waals surface area contributed by atoms with E-state index in [-0.39, 0.29) is 11.8 Å². The van der Waals surface area contributed by atoms with Crippen LogP contribution in [0.15, 0.2) is 59.6 Å². The predicted octanol–water partition coefficient (Wildman–Crippen LogP) is 3.40. The summed E-state index contributed by atoms with van der Waals surface area (Å²) in [5, 5.41) is 3.94. The number of amides is 1. The first-order valence-electron chi connectivity index (χ1n) is 8.33. The maximum Gasteiger partial charge on any atom is 0.235 e. The minimum atomic E-state index is -0.267. The van der Waals surface area contributed by atoms with Crippen LogP contribution in [0, 0.1) is 5.92 Å². The second kappa shape index (κ2) is 6.00. The molecule has 0 unspecified atom stereocenters. The fraction of sp³-hybridized carbons (Fsp3) is 0.263. The molecular formula is C19H20N4O. The zero-order valence-corrected chi connectivity index (χ0v) is 13.4. The Balaban J connectivity index is 1.59. The van der Waals surface area contributed by atoms with E-state index in [1.54, 1.807) is 6.20 Å². The van der Waals surface area contributed by atoms with Gasteiger partial charge in [0, 0.05) is 23.5 Å². The van der Waals surface area contributed by atoms with Crippen LogP contribution < -0.4 is 11.1 Å². The number of nitrogens with zero attached hydrogens (tertiary/aromatic N) is 1. The van der Waals surface area contributed by atoms with Crippen molar-refractivity contribution in [1.29, 1.82) is 0 Å². The Morgan fingerprint density at radius 2 is 2.17 bits per heavy atom. The van der Waals surface area contributed by atoms with Crippen LogP contribution in [0.25, 0.3) is 11.0 Å². The second-order valence-corrected chi connectivity index (χ2v) is 6.31. The molecule has 1 atom stereocenters. The van der Waals surface area contributed by atoms with Crippen molar-refractivity contribution in [2.45, 2.75) is 25.7 Å². The number of pyridine rings is 1. The van der Waals surface area contributed by atoms with Crippen LogP contribution in [0.2, 0.25) is 0 Å². The Bertz CT molecular complexity index is 888. The van der Waals surface area contributed by atoms with Gasteiger partial charge in [-0.3, -0.25) is 4.79 Å². The third kappa shape index (κ3) is 2.62. The predicted molar refractivity (Wildman–Crippen MR) is 95.1 cm³/mol. The van der Waals surface area contributed by atoms with Crippen molar-refractivity contribution in [2.75, 3.05) is 5.32 Å². The van der Waals surface area contributed by atoms with Crippen molar-refractivity contribution in [1.82, 2.24) is 9.97 Å². The summed E-state index contributed by atoms with van der Waals surface area (Å²) in [5.41, 5.74) is 11.0. The highest BCUT2D eigenvalue weighted by Crippen LogP contribution is 2.32. The number of hydrogen-bond acceptors (Lipinski definition) is 3. The van der Waals surface area contributed by atoms with Crippen LogP contribution >= 0.6 is 0 Å². The van der Waals surface area contributed by atoms with Gasteiger partial charge >= 0.3 is 0 Å². The summed E-state index contributed by atoms with van der Waals surface area (Å²) in [4.78, 5) is 20.0. The molecule has 0 aromatic carbocycles. The number of nitrogens with one attached hydrogen (secondary N) is 2. The third-order valence-corrected chi connectivity index (χ3v) is 4.71. The van der Waals surface area contributed by atoms with Gasteiger partial charge in [-0.05, 0) is 49.0 Å². The van der Waals surface area contributed by atoms with E-state index in [0.29, 0.717) is 0 Å². The molecular weight excluding hydrogens is 300 g/mol. The van der Waals surface area contributed by atoms with Crippen LogP contribution in [-0.2, 0) is 4.79 Å². The number of aromatic amines is 1. The molecule has 122 valence electrons. The molecule has 0 radical (unpaired) electrons. The van der Waals surface area contributed by atoms with Crippen molar-refractivity contribution >= 4 is 22.6 Å². The Hall–Kier alpha value is -2.82. The topological polar surface area (TPSA) is 83.8 Å². The third-order valence-electron chi connectivity index (χ3n) is 4.71. The number of carbonyl (C=O) groups excluding carboxylic acids is 1. The van der Waals surface area contributed by atoms with Crippen molar-refractivity contribution < 1.29 is 4.79 Å². The molecule has 4 rings (SSSR count). The quantitative estimate of drug-likeness (QED) is 0.793. The van der Waals surface area contributed by atoms with E-state index < -0.39 is 0 Å². The highest BCUT2D eigenvalue weighted by molar-refractivity contribution is 6.02. The molecule has 1 amide bonds. The van der Waals surface area contributed by atoms with Gasteiger partial charge in [0.15, 0.2) is 0 Å². The van der Waals surface area contributed by atoms with Gasteiger partial charge in [-0.2, -0.15) is 0 Å². The number of carbonyl (C=O) groups is 1. The molecule has 0 aliphatic heterocycles. The highest BCUT2D eigenvalue weighted by Gasteiger charge is 2.22. The van der Waals surface area contributed by atoms with Crippen molar-refractivity contribution in [2.24, 2.45) is 11.7 Å². The van der Waals surface area contributed by atoms with Gasteiger partial charge in [0.25, 0.3) is 0 Å². The molecule has 24 heavy (non-hydrogen) atoms. The lowest BCUT2D eigenvalue weighted by atomic mass is 9.90. The Morgan fingerprint density at radius 3 is 3.08 bits per heavy atom. The normalized spacial score (nSPS) is 20.5. The lowest BCUT2D eigenvalue weighted by molar-refractivity contribution is -0.117. The molecule has 2 heterocycles. The van der Waals surface area contributed by atoms with Crippen LogP contribution in [0.5, 0.6) is 0 Å². The van der Waals surface area contributed by atoms with Gasteiger partial charge in [-0.25, -0.2) is 4.98 Å². The van der Waals surface area contributed by atoms with Gasteiger partial charge in [-0.15, -0.1) is 0 Å². The average Bonchev–Trinajstić information content (AvgIpc) is 3.00. The Morgan fingerprint density at radius 1 is 1.29 bits per heavy atom. The molecule has 5 heteroatoms. The van der Waals surface area contributed by atoms with Crippen molar-refractivity contribution in [3.05, 3.63) is 59.6 Å². The number of anilines is 1. The first-order valence-corrected chi connectivity index (χ1v) is 8.33. The summed E-state index contributed by atoms with van der Waals surface area (Å²) < 4.78 is 0. The van der Waals surface area contributed by atoms with E-state index in [9.17, 15) is 4.79 Å². The van der Waals surface area contributed by atoms with Crippen molar-refractivity contribution in [3.63, 3.8) is 0 Å². The van der Waals surface area contributed by atoms with Crippen LogP contribution in [-0.4, -0.2) is 15.9 Å². The summed E-state index contributed by atoms with van der Waals surface area (Å²) in [6.45, 7) is 0. The zero-order valence-electron chi connectivity index (χ0n) is 13.4. The molecule has 2 aromatic heterocycles. The summed E-state index contributed by atoms with van der Waals surface area (Å²) in [5.74, 6) is -0.300. The molecule has 5 nitrogen and oxygen atoms in total. The molecule has 0 fully saturated rings. The number of hydrogen-bond donors (Lipinski definition) is 3. The van der Waals surface area contributed by atoms with Gasteiger partial charge in [0.05, 0.1) is 11.6 Å². The molecule has 0 spiro atoms. The number of rotatable bonds is 2. The fourth-order valence-corrected chi connectivity index (χ4v) is 3.41. The smallest absolute Gasteiger partial charge is 0.235 e. The van der Waals surface area contributed by atoms with Gasteiger partial charge in [-0.1, -0.05) is 18.2 Å². The van der Waals surface area contributed by atoms with Crippen molar-refractivity contribution in [3.8, 4) is 0 Å². The average molecular weight is 320 g/mol. The van der Waals surface area contributed by atoms with E-state index in [4.69, 9.17) is 5.73 Å². The molecule has 2 aliphatic carbocycles. The van der Waals surface area contributed by atoms with Gasteiger partial charge < -0.3 is 16.0 Å². The minimum Gasteiger partial charge on any atom is -0.402 e. The lowest BCUT2D eigenvalue weighted by Crippen LogP contribution is -2.22. The van der Waals surface area contributed by atoms with E-state index in [2.05, 4.69) is 21.4 Å². The number of fused-ring (bicyclic) bond motifs is 2. The van der Waals surface area contributed by atoms with Gasteiger partial charge in [0.2, 0.25) is 5.91 Å². The molecule has 2 aliphatic rings. The maximum absolute atomic E-state index is 12.7. The van der Waals surface area contributed by atoms with Crippen LogP contribution in [0.3, 0.4) is 0 Å². The highest BCUT2D eigenvalue weighted by atomic mass is 16.1. The summed E-state index contributed by atoms with van der Waals surface area (Å²) >= 11 is 0. The standard InChI is InChI=1S/C19H20N4O/c20-16-4-2-1-3-12-11-13(5-6-14(12)16)19(24)23-17-8-10-22-18-15(17)7-9-21-18/h5-11,13H,1-4,20H2,(H2,21,22,23,24)/t13-/m0/s1. The van der Waals surface area contributed by atoms with Crippen LogP contribution in [0.4, 0.5) is 5.69 Å². The largest absolute Gasteiger partial charge is 0.402 e. The van der Waals surface area contributed by atoms with E-state index in [0.717, 1.165) is 53.7 Å². The van der Waals surface area contributed by atoms with E-state index in [1.807, 2.05) is 30.5 Å². The first kappa shape index (κ1) is 14.8. The van der Waals surface area contributed by atoms with E-state index >= 15 is 0 Å². The Labute approximate surface area is 140 Å². The van der Waals surface area contributed by atoms with E-state index in [1.165, 1.54) is 5.57 Å². The fourth-order valence-electron chi connectivity index (χ4n) is 3.41. The molecule has 0 saturated heterocycles. The summed E-state index contributed by atoms with van der Waals surface area (Å²) in [6, 6.07) is 3.74. The first-order chi connectivity index (χ1) is 11.7. The number of aromatic nitrogens is 2. The summed E-state index contributed by atoms with van der Waals surface area (Å²) in [7, 11) is 0. The maximum atomic E-state index is 12.7. The molecule has 0 bridgehead atoms. The summed E-state index contributed by atoms with van der Waals surface area (Å²) in [6.07, 6.45) is 13.7.